The summed E-state index contributed by atoms with van der Waals surface area (Å²) >= 11 is 0. The van der Waals surface area contributed by atoms with Crippen LogP contribution in [0, 0.1) is 0 Å². The Hall–Kier alpha value is -1.35. The normalized spacial score (nSPS) is 19.4. The molecule has 0 fully saturated rings. The van der Waals surface area contributed by atoms with Gasteiger partial charge in [-0.2, -0.15) is 0 Å². The van der Waals surface area contributed by atoms with E-state index in [1.54, 1.807) is 0 Å². The van der Waals surface area contributed by atoms with Crippen LogP contribution >= 0.6 is 0 Å². The molecule has 0 saturated carbocycles. The number of ether oxygens (including phenoxy) is 1. The molecule has 1 atom stereocenters. The van der Waals surface area contributed by atoms with Crippen LogP contribution in [0.2, 0.25) is 0 Å². The van der Waals surface area contributed by atoms with E-state index in [0.717, 1.165) is 0 Å². The van der Waals surface area contributed by atoms with Gasteiger partial charge in [0.25, 0.3) is 0 Å². The number of hydrogen-bond donors (Lipinski definition) is 0. The molecule has 0 aromatic heterocycles. The summed E-state index contributed by atoms with van der Waals surface area (Å²) in [6.07, 6.45) is 0.676. The lowest BCUT2D eigenvalue weighted by atomic mass is 9.96. The number of fused-ring (bicyclic) bond motifs is 1. The summed E-state index contributed by atoms with van der Waals surface area (Å²) in [7, 11) is 0. The first-order chi connectivity index (χ1) is 7.31. The smallest absolute Gasteiger partial charge is 0.325 e. The monoisotopic (exact) mass is 204 g/mol. The van der Waals surface area contributed by atoms with Gasteiger partial charge < -0.3 is 4.74 Å². The van der Waals surface area contributed by atoms with Crippen molar-refractivity contribution in [2.75, 3.05) is 6.61 Å². The Morgan fingerprint density at radius 3 is 2.93 bits per heavy atom. The summed E-state index contributed by atoms with van der Waals surface area (Å²) in [4.78, 5) is 11.5. The van der Waals surface area contributed by atoms with Gasteiger partial charge >= 0.3 is 5.97 Å². The van der Waals surface area contributed by atoms with Crippen LogP contribution < -0.4 is 5.32 Å². The maximum atomic E-state index is 11.5. The SMILES string of the molecule is CCOC(=O)C1Cc2ccccc2C[N]1. The molecule has 0 aliphatic carbocycles. The summed E-state index contributed by atoms with van der Waals surface area (Å²) < 4.78 is 4.96. The molecule has 1 aliphatic rings. The van der Waals surface area contributed by atoms with E-state index in [1.807, 2.05) is 19.1 Å². The van der Waals surface area contributed by atoms with Gasteiger partial charge in [-0.15, -0.1) is 0 Å². The molecule has 0 bridgehead atoms. The molecule has 3 nitrogen and oxygen atoms in total. The third-order valence-corrected chi connectivity index (χ3v) is 2.57. The average molecular weight is 204 g/mol. The third-order valence-electron chi connectivity index (χ3n) is 2.57. The fourth-order valence-corrected chi connectivity index (χ4v) is 1.79. The zero-order valence-electron chi connectivity index (χ0n) is 8.77. The molecule has 2 rings (SSSR count). The van der Waals surface area contributed by atoms with Gasteiger partial charge in [-0.25, -0.2) is 5.32 Å². The molecule has 0 spiro atoms. The Labute approximate surface area is 89.4 Å². The lowest BCUT2D eigenvalue weighted by Gasteiger charge is -2.22. The third kappa shape index (κ3) is 2.18. The largest absolute Gasteiger partial charge is 0.465 e. The van der Waals surface area contributed by atoms with Gasteiger partial charge in [0.1, 0.15) is 6.04 Å². The molecule has 0 saturated heterocycles. The number of nitrogens with zero attached hydrogens (tertiary/aromatic N) is 1. The van der Waals surface area contributed by atoms with Crippen LogP contribution in [0.15, 0.2) is 24.3 Å². The molecule has 79 valence electrons. The lowest BCUT2D eigenvalue weighted by Crippen LogP contribution is -2.38. The van der Waals surface area contributed by atoms with Crippen molar-refractivity contribution >= 4 is 5.97 Å². The van der Waals surface area contributed by atoms with E-state index in [2.05, 4.69) is 17.4 Å². The molecular formula is C12H14NO2. The first-order valence-electron chi connectivity index (χ1n) is 5.21. The number of hydrogen-bond acceptors (Lipinski definition) is 2. The molecular weight excluding hydrogens is 190 g/mol. The van der Waals surface area contributed by atoms with Gasteiger partial charge in [0.05, 0.1) is 6.61 Å². The maximum Gasteiger partial charge on any atom is 0.325 e. The zero-order valence-corrected chi connectivity index (χ0v) is 8.77. The van der Waals surface area contributed by atoms with E-state index in [9.17, 15) is 4.79 Å². The predicted octanol–water partition coefficient (Wildman–Crippen LogP) is 1.28. The van der Waals surface area contributed by atoms with Crippen LogP contribution in [0.4, 0.5) is 0 Å². The van der Waals surface area contributed by atoms with Crippen LogP contribution in [0.5, 0.6) is 0 Å². The van der Waals surface area contributed by atoms with Gasteiger partial charge in [0, 0.05) is 13.0 Å². The number of benzene rings is 1. The molecule has 1 aromatic carbocycles. The second kappa shape index (κ2) is 4.45. The second-order valence-electron chi connectivity index (χ2n) is 3.58. The lowest BCUT2D eigenvalue weighted by molar-refractivity contribution is -0.145. The highest BCUT2D eigenvalue weighted by atomic mass is 16.5. The fourth-order valence-electron chi connectivity index (χ4n) is 1.79. The highest BCUT2D eigenvalue weighted by molar-refractivity contribution is 5.76. The minimum absolute atomic E-state index is 0.202. The van der Waals surface area contributed by atoms with Crippen molar-refractivity contribution in [2.24, 2.45) is 0 Å². The van der Waals surface area contributed by atoms with Crippen molar-refractivity contribution in [1.82, 2.24) is 5.32 Å². The van der Waals surface area contributed by atoms with E-state index in [0.29, 0.717) is 19.6 Å². The highest BCUT2D eigenvalue weighted by Crippen LogP contribution is 2.17. The molecule has 3 heteroatoms. The van der Waals surface area contributed by atoms with Crippen LogP contribution in [-0.4, -0.2) is 18.6 Å². The Bertz CT molecular complexity index is 362. The van der Waals surface area contributed by atoms with Crippen molar-refractivity contribution in [1.29, 1.82) is 0 Å². The molecule has 15 heavy (non-hydrogen) atoms. The number of carbonyl (C=O) groups is 1. The van der Waals surface area contributed by atoms with Gasteiger partial charge in [-0.05, 0) is 18.1 Å². The van der Waals surface area contributed by atoms with Gasteiger partial charge in [0.2, 0.25) is 0 Å². The van der Waals surface area contributed by atoms with Crippen molar-refractivity contribution < 1.29 is 9.53 Å². The van der Waals surface area contributed by atoms with Crippen LogP contribution in [0.3, 0.4) is 0 Å². The van der Waals surface area contributed by atoms with Crippen molar-refractivity contribution in [3.05, 3.63) is 35.4 Å². The molecule has 0 N–H and O–H groups in total. The summed E-state index contributed by atoms with van der Waals surface area (Å²) in [5.74, 6) is -0.202. The zero-order chi connectivity index (χ0) is 10.7. The average Bonchev–Trinajstić information content (AvgIpc) is 2.29. The van der Waals surface area contributed by atoms with Crippen LogP contribution in [0.1, 0.15) is 18.1 Å². The van der Waals surface area contributed by atoms with Crippen LogP contribution in [-0.2, 0) is 22.5 Å². The molecule has 1 aromatic rings. The quantitative estimate of drug-likeness (QED) is 0.681. The Balaban J connectivity index is 2.08. The Morgan fingerprint density at radius 1 is 1.47 bits per heavy atom. The van der Waals surface area contributed by atoms with Crippen molar-refractivity contribution in [3.63, 3.8) is 0 Å². The summed E-state index contributed by atoms with van der Waals surface area (Å²) in [6, 6.07) is 7.79. The predicted molar refractivity (Wildman–Crippen MR) is 56.4 cm³/mol. The number of carbonyl (C=O) groups excluding carboxylic acids is 1. The Morgan fingerprint density at radius 2 is 2.20 bits per heavy atom. The van der Waals surface area contributed by atoms with Crippen molar-refractivity contribution in [2.45, 2.75) is 25.9 Å². The van der Waals surface area contributed by atoms with E-state index in [-0.39, 0.29) is 12.0 Å². The van der Waals surface area contributed by atoms with Gasteiger partial charge in [-0.3, -0.25) is 4.79 Å². The summed E-state index contributed by atoms with van der Waals surface area (Å²) in [5, 5.41) is 4.31. The second-order valence-corrected chi connectivity index (χ2v) is 3.58. The first-order valence-corrected chi connectivity index (χ1v) is 5.21. The standard InChI is InChI=1S/C12H14NO2/c1-2-15-12(14)11-7-9-5-3-4-6-10(9)8-13-11/h3-6,11H,2,7-8H2,1H3. The molecule has 1 unspecified atom stereocenters. The van der Waals surface area contributed by atoms with Gasteiger partial charge in [-0.1, -0.05) is 24.3 Å². The highest BCUT2D eigenvalue weighted by Gasteiger charge is 2.25. The van der Waals surface area contributed by atoms with E-state index in [4.69, 9.17) is 4.74 Å². The number of rotatable bonds is 2. The van der Waals surface area contributed by atoms with E-state index < -0.39 is 0 Å². The molecule has 1 heterocycles. The van der Waals surface area contributed by atoms with E-state index >= 15 is 0 Å². The summed E-state index contributed by atoms with van der Waals surface area (Å²) in [6.45, 7) is 2.86. The molecule has 1 radical (unpaired) electrons. The van der Waals surface area contributed by atoms with E-state index in [1.165, 1.54) is 11.1 Å². The topological polar surface area (TPSA) is 40.4 Å². The van der Waals surface area contributed by atoms with Crippen LogP contribution in [0.25, 0.3) is 0 Å². The minimum Gasteiger partial charge on any atom is -0.465 e. The Kier molecular flexibility index (Phi) is 3.02. The molecule has 1 aliphatic heterocycles. The number of esters is 1. The first kappa shape index (κ1) is 10.2. The maximum absolute atomic E-state index is 11.5. The molecule has 0 amide bonds. The summed E-state index contributed by atoms with van der Waals surface area (Å²) in [5.41, 5.74) is 2.43. The van der Waals surface area contributed by atoms with Crippen molar-refractivity contribution in [3.8, 4) is 0 Å². The minimum atomic E-state index is -0.306. The van der Waals surface area contributed by atoms with Gasteiger partial charge in [0.15, 0.2) is 0 Å². The fraction of sp³-hybridized carbons (Fsp3) is 0.417.